The zero-order valence-corrected chi connectivity index (χ0v) is 17.0. The average Bonchev–Trinajstić information content (AvgIpc) is 2.52. The number of anilines is 1. The van der Waals surface area contributed by atoms with E-state index in [2.05, 4.69) is 15.4 Å². The highest BCUT2D eigenvalue weighted by Gasteiger charge is 2.25. The molecule has 0 heterocycles. The molecule has 5 N–H and O–H groups in total. The number of halogens is 1. The van der Waals surface area contributed by atoms with Gasteiger partial charge in [0.1, 0.15) is 6.04 Å². The van der Waals surface area contributed by atoms with Crippen LogP contribution in [0.5, 0.6) is 0 Å². The summed E-state index contributed by atoms with van der Waals surface area (Å²) in [5.41, 5.74) is 5.00. The highest BCUT2D eigenvalue weighted by Crippen LogP contribution is 2.16. The zero-order valence-electron chi connectivity index (χ0n) is 15.3. The summed E-state index contributed by atoms with van der Waals surface area (Å²) in [6, 6.07) is 5.08. The van der Waals surface area contributed by atoms with Crippen molar-refractivity contribution in [3.63, 3.8) is 0 Å². The first-order valence-electron chi connectivity index (χ1n) is 7.89. The molecule has 1 rings (SSSR count). The third kappa shape index (κ3) is 7.28. The van der Waals surface area contributed by atoms with Crippen molar-refractivity contribution in [1.82, 2.24) is 10.0 Å². The number of hydrogen-bond donors (Lipinski definition) is 4. The molecule has 0 aliphatic heterocycles. The van der Waals surface area contributed by atoms with E-state index in [1.54, 1.807) is 33.8 Å². The standard InChI is InChI=1S/C16H26N4O4S.ClH/c1-11(19-15(22)16(2,3)4)14(21)20-12-6-5-7-13(10-12)25(23,24)18-9-8-17;/h5-7,10-11,18H,8-9,17H2,1-4H3,(H,19,22)(H,20,21);1H. The van der Waals surface area contributed by atoms with Gasteiger partial charge in [0.2, 0.25) is 21.8 Å². The van der Waals surface area contributed by atoms with Crippen LogP contribution < -0.4 is 21.1 Å². The molecule has 0 bridgehead atoms. The minimum atomic E-state index is -3.69. The zero-order chi connectivity index (χ0) is 19.3. The van der Waals surface area contributed by atoms with Gasteiger partial charge in [-0.2, -0.15) is 0 Å². The first-order chi connectivity index (χ1) is 11.5. The highest BCUT2D eigenvalue weighted by atomic mass is 35.5. The number of hydrogen-bond acceptors (Lipinski definition) is 5. The molecule has 2 amide bonds. The lowest BCUT2D eigenvalue weighted by Crippen LogP contribution is -2.46. The van der Waals surface area contributed by atoms with Crippen molar-refractivity contribution < 1.29 is 18.0 Å². The van der Waals surface area contributed by atoms with Crippen molar-refractivity contribution in [2.75, 3.05) is 18.4 Å². The molecule has 10 heteroatoms. The Morgan fingerprint density at radius 2 is 1.85 bits per heavy atom. The molecule has 0 fully saturated rings. The predicted molar refractivity (Wildman–Crippen MR) is 104 cm³/mol. The lowest BCUT2D eigenvalue weighted by atomic mass is 9.95. The number of carbonyl (C=O) groups is 2. The fourth-order valence-electron chi connectivity index (χ4n) is 1.75. The monoisotopic (exact) mass is 406 g/mol. The smallest absolute Gasteiger partial charge is 0.246 e. The predicted octanol–water partition coefficient (Wildman–Crippen LogP) is 0.835. The van der Waals surface area contributed by atoms with E-state index in [1.807, 2.05) is 0 Å². The second-order valence-electron chi connectivity index (χ2n) is 6.65. The van der Waals surface area contributed by atoms with E-state index < -0.39 is 27.4 Å². The van der Waals surface area contributed by atoms with E-state index >= 15 is 0 Å². The molecule has 0 aliphatic rings. The summed E-state index contributed by atoms with van der Waals surface area (Å²) < 4.78 is 26.5. The van der Waals surface area contributed by atoms with E-state index in [9.17, 15) is 18.0 Å². The molecule has 1 atom stereocenters. The SMILES string of the molecule is CC(NC(=O)C(C)(C)C)C(=O)Nc1cccc(S(=O)(=O)NCCN)c1.Cl. The molecule has 0 saturated heterocycles. The van der Waals surface area contributed by atoms with E-state index in [4.69, 9.17) is 5.73 Å². The first-order valence-corrected chi connectivity index (χ1v) is 9.37. The van der Waals surface area contributed by atoms with Crippen LogP contribution in [0, 0.1) is 5.41 Å². The molecule has 8 nitrogen and oxygen atoms in total. The van der Waals surface area contributed by atoms with Gasteiger partial charge in [0.25, 0.3) is 0 Å². The number of sulfonamides is 1. The van der Waals surface area contributed by atoms with Crippen LogP contribution in [0.3, 0.4) is 0 Å². The van der Waals surface area contributed by atoms with Crippen LogP contribution in [-0.4, -0.2) is 39.4 Å². The molecule has 1 aromatic rings. The highest BCUT2D eigenvalue weighted by molar-refractivity contribution is 7.89. The minimum Gasteiger partial charge on any atom is -0.344 e. The Balaban J connectivity index is 0.00000625. The summed E-state index contributed by atoms with van der Waals surface area (Å²) in [6.07, 6.45) is 0. The van der Waals surface area contributed by atoms with Gasteiger partial charge in [0.15, 0.2) is 0 Å². The Morgan fingerprint density at radius 3 is 2.38 bits per heavy atom. The summed E-state index contributed by atoms with van der Waals surface area (Å²) in [4.78, 5) is 24.1. The van der Waals surface area contributed by atoms with Gasteiger partial charge in [-0.05, 0) is 25.1 Å². The number of nitrogens with one attached hydrogen (secondary N) is 3. The summed E-state index contributed by atoms with van der Waals surface area (Å²) >= 11 is 0. The Hall–Kier alpha value is -1.68. The third-order valence-electron chi connectivity index (χ3n) is 3.27. The van der Waals surface area contributed by atoms with Gasteiger partial charge in [-0.15, -0.1) is 12.4 Å². The van der Waals surface area contributed by atoms with Crippen LogP contribution in [0.25, 0.3) is 0 Å². The molecule has 1 unspecified atom stereocenters. The second-order valence-corrected chi connectivity index (χ2v) is 8.42. The maximum Gasteiger partial charge on any atom is 0.246 e. The van der Waals surface area contributed by atoms with Gasteiger partial charge >= 0.3 is 0 Å². The maximum atomic E-state index is 12.2. The van der Waals surface area contributed by atoms with Crippen molar-refractivity contribution in [3.8, 4) is 0 Å². The number of amides is 2. The average molecular weight is 407 g/mol. The molecule has 0 spiro atoms. The molecule has 0 saturated carbocycles. The van der Waals surface area contributed by atoms with Crippen LogP contribution in [-0.2, 0) is 19.6 Å². The number of carbonyl (C=O) groups excluding carboxylic acids is 2. The number of nitrogens with two attached hydrogens (primary N) is 1. The summed E-state index contributed by atoms with van der Waals surface area (Å²) in [5, 5.41) is 5.21. The van der Waals surface area contributed by atoms with Gasteiger partial charge in [0, 0.05) is 24.2 Å². The van der Waals surface area contributed by atoms with Gasteiger partial charge in [0.05, 0.1) is 4.90 Å². The van der Waals surface area contributed by atoms with Crippen molar-refractivity contribution in [3.05, 3.63) is 24.3 Å². The molecule has 26 heavy (non-hydrogen) atoms. The van der Waals surface area contributed by atoms with E-state index in [0.29, 0.717) is 5.69 Å². The fraction of sp³-hybridized carbons (Fsp3) is 0.500. The molecule has 0 aliphatic carbocycles. The Bertz CT molecular complexity index is 732. The third-order valence-corrected chi connectivity index (χ3v) is 4.73. The van der Waals surface area contributed by atoms with E-state index in [-0.39, 0.29) is 36.3 Å². The van der Waals surface area contributed by atoms with Crippen molar-refractivity contribution in [2.45, 2.75) is 38.6 Å². The largest absolute Gasteiger partial charge is 0.344 e. The number of rotatable bonds is 7. The Kier molecular flexibility index (Phi) is 9.23. The molecule has 148 valence electrons. The van der Waals surface area contributed by atoms with Gasteiger partial charge in [-0.25, -0.2) is 13.1 Å². The van der Waals surface area contributed by atoms with E-state index in [0.717, 1.165) is 0 Å². The second kappa shape index (κ2) is 9.86. The molecular weight excluding hydrogens is 380 g/mol. The lowest BCUT2D eigenvalue weighted by Gasteiger charge is -2.21. The van der Waals surface area contributed by atoms with Crippen molar-refractivity contribution in [1.29, 1.82) is 0 Å². The van der Waals surface area contributed by atoms with Crippen molar-refractivity contribution >= 4 is 39.9 Å². The van der Waals surface area contributed by atoms with E-state index in [1.165, 1.54) is 18.2 Å². The molecule has 0 radical (unpaired) electrons. The normalized spacial score (nSPS) is 12.7. The minimum absolute atomic E-state index is 0. The lowest BCUT2D eigenvalue weighted by molar-refractivity contribution is -0.131. The topological polar surface area (TPSA) is 130 Å². The Morgan fingerprint density at radius 1 is 1.23 bits per heavy atom. The van der Waals surface area contributed by atoms with Crippen LogP contribution in [0.1, 0.15) is 27.7 Å². The summed E-state index contributed by atoms with van der Waals surface area (Å²) in [7, 11) is -3.69. The Labute approximate surface area is 160 Å². The van der Waals surface area contributed by atoms with Gasteiger partial charge in [-0.3, -0.25) is 9.59 Å². The van der Waals surface area contributed by atoms with Gasteiger partial charge < -0.3 is 16.4 Å². The van der Waals surface area contributed by atoms with Crippen LogP contribution >= 0.6 is 12.4 Å². The quantitative estimate of drug-likeness (QED) is 0.532. The number of benzene rings is 1. The first kappa shape index (κ1) is 24.3. The summed E-state index contributed by atoms with van der Waals surface area (Å²) in [6.45, 7) is 7.10. The maximum absolute atomic E-state index is 12.2. The van der Waals surface area contributed by atoms with Gasteiger partial charge in [-0.1, -0.05) is 26.8 Å². The molecular formula is C16H27ClN4O4S. The summed E-state index contributed by atoms with van der Waals surface area (Å²) in [5.74, 6) is -0.695. The van der Waals surface area contributed by atoms with Crippen molar-refractivity contribution in [2.24, 2.45) is 11.1 Å². The fourth-order valence-corrected chi connectivity index (χ4v) is 2.84. The van der Waals surface area contributed by atoms with Crippen LogP contribution in [0.2, 0.25) is 0 Å². The molecule has 0 aromatic heterocycles. The molecule has 1 aromatic carbocycles. The van der Waals surface area contributed by atoms with Crippen LogP contribution in [0.15, 0.2) is 29.2 Å². The van der Waals surface area contributed by atoms with Crippen LogP contribution in [0.4, 0.5) is 5.69 Å².